The van der Waals surface area contributed by atoms with Crippen LogP contribution in [-0.4, -0.2) is 17.3 Å². The molecule has 1 rings (SSSR count). The van der Waals surface area contributed by atoms with E-state index in [1.807, 2.05) is 6.07 Å². The standard InChI is InChI=1S/C8H5N3OS/c1-12-8-2-6(11-5-13)4-10-7(8)3-9/h2,4H,1H3. The van der Waals surface area contributed by atoms with Crippen molar-refractivity contribution in [3.8, 4) is 11.8 Å². The van der Waals surface area contributed by atoms with Gasteiger partial charge in [0.2, 0.25) is 0 Å². The summed E-state index contributed by atoms with van der Waals surface area (Å²) in [6.07, 6.45) is 1.43. The molecule has 13 heavy (non-hydrogen) atoms. The summed E-state index contributed by atoms with van der Waals surface area (Å²) < 4.78 is 4.92. The molecule has 0 saturated heterocycles. The van der Waals surface area contributed by atoms with Crippen molar-refractivity contribution in [1.82, 2.24) is 4.98 Å². The minimum atomic E-state index is 0.228. The molecule has 1 heterocycles. The van der Waals surface area contributed by atoms with Gasteiger partial charge in [0.15, 0.2) is 11.4 Å². The van der Waals surface area contributed by atoms with Crippen LogP contribution in [0.1, 0.15) is 5.69 Å². The lowest BCUT2D eigenvalue weighted by molar-refractivity contribution is 0.411. The van der Waals surface area contributed by atoms with E-state index in [0.717, 1.165) is 0 Å². The molecule has 0 atom stereocenters. The third kappa shape index (κ3) is 2.09. The van der Waals surface area contributed by atoms with E-state index in [9.17, 15) is 0 Å². The maximum Gasteiger partial charge on any atom is 0.182 e. The number of thiocarbonyl (C=S) groups is 1. The predicted octanol–water partition coefficient (Wildman–Crippen LogP) is 1.70. The van der Waals surface area contributed by atoms with Crippen LogP contribution in [0.25, 0.3) is 0 Å². The Labute approximate surface area is 80.5 Å². The van der Waals surface area contributed by atoms with Crippen LogP contribution in [0.15, 0.2) is 17.3 Å². The Bertz CT molecular complexity index is 404. The van der Waals surface area contributed by atoms with Gasteiger partial charge in [0, 0.05) is 6.07 Å². The first-order valence-corrected chi connectivity index (χ1v) is 3.74. The van der Waals surface area contributed by atoms with E-state index >= 15 is 0 Å². The third-order valence-corrected chi connectivity index (χ3v) is 1.43. The van der Waals surface area contributed by atoms with Crippen molar-refractivity contribution in [1.29, 1.82) is 5.26 Å². The first-order chi connectivity index (χ1) is 6.31. The molecule has 4 nitrogen and oxygen atoms in total. The van der Waals surface area contributed by atoms with Crippen molar-refractivity contribution >= 4 is 23.1 Å². The maximum atomic E-state index is 8.61. The number of rotatable bonds is 2. The lowest BCUT2D eigenvalue weighted by atomic mass is 10.3. The van der Waals surface area contributed by atoms with Gasteiger partial charge < -0.3 is 4.74 Å². The molecule has 5 heteroatoms. The van der Waals surface area contributed by atoms with Crippen LogP contribution in [-0.2, 0) is 0 Å². The number of methoxy groups -OCH3 is 1. The molecule has 0 saturated carbocycles. The summed E-state index contributed by atoms with van der Waals surface area (Å²) in [5.41, 5.74) is 0.747. The van der Waals surface area contributed by atoms with Crippen molar-refractivity contribution in [2.75, 3.05) is 7.11 Å². The Balaban J connectivity index is 3.22. The smallest absolute Gasteiger partial charge is 0.182 e. The van der Waals surface area contributed by atoms with Gasteiger partial charge in [-0.2, -0.15) is 10.3 Å². The Kier molecular flexibility index (Phi) is 3.09. The van der Waals surface area contributed by atoms with Crippen molar-refractivity contribution < 1.29 is 4.74 Å². The van der Waals surface area contributed by atoms with Gasteiger partial charge in [-0.1, -0.05) is 0 Å². The van der Waals surface area contributed by atoms with Gasteiger partial charge in [0.05, 0.1) is 24.2 Å². The van der Waals surface area contributed by atoms with Crippen LogP contribution in [0.5, 0.6) is 5.75 Å². The van der Waals surface area contributed by atoms with E-state index in [2.05, 4.69) is 27.4 Å². The number of isothiocyanates is 1. The number of aliphatic imine (C=N–C) groups is 1. The molecule has 0 bridgehead atoms. The van der Waals surface area contributed by atoms with Crippen molar-refractivity contribution in [2.24, 2.45) is 4.99 Å². The van der Waals surface area contributed by atoms with Gasteiger partial charge >= 0.3 is 0 Å². The van der Waals surface area contributed by atoms with E-state index in [-0.39, 0.29) is 5.69 Å². The molecule has 0 unspecified atom stereocenters. The molecule has 64 valence electrons. The zero-order valence-electron chi connectivity index (χ0n) is 6.81. The van der Waals surface area contributed by atoms with Crippen molar-refractivity contribution in [2.45, 2.75) is 0 Å². The zero-order chi connectivity index (χ0) is 9.68. The second-order valence-corrected chi connectivity index (χ2v) is 2.24. The highest BCUT2D eigenvalue weighted by Gasteiger charge is 2.03. The summed E-state index contributed by atoms with van der Waals surface area (Å²) in [4.78, 5) is 7.52. The molecule has 0 spiro atoms. The highest BCUT2D eigenvalue weighted by Crippen LogP contribution is 2.21. The quantitative estimate of drug-likeness (QED) is 0.527. The van der Waals surface area contributed by atoms with E-state index in [4.69, 9.17) is 10.00 Å². The van der Waals surface area contributed by atoms with Gasteiger partial charge in [-0.15, -0.1) is 0 Å². The number of nitrogens with zero attached hydrogens (tertiary/aromatic N) is 3. The number of hydrogen-bond acceptors (Lipinski definition) is 5. The number of nitriles is 1. The Morgan fingerprint density at radius 3 is 3.00 bits per heavy atom. The molecule has 0 radical (unpaired) electrons. The molecular formula is C8H5N3OS. The van der Waals surface area contributed by atoms with Crippen LogP contribution in [0, 0.1) is 11.3 Å². The summed E-state index contributed by atoms with van der Waals surface area (Å²) >= 11 is 4.42. The fraction of sp³-hybridized carbons (Fsp3) is 0.125. The average molecular weight is 191 g/mol. The largest absolute Gasteiger partial charge is 0.494 e. The van der Waals surface area contributed by atoms with Gasteiger partial charge in [0.25, 0.3) is 0 Å². The fourth-order valence-corrected chi connectivity index (χ4v) is 0.893. The lowest BCUT2D eigenvalue weighted by Gasteiger charge is -2.00. The van der Waals surface area contributed by atoms with Crippen LogP contribution in [0.3, 0.4) is 0 Å². The Hall–Kier alpha value is -1.76. The Morgan fingerprint density at radius 2 is 2.46 bits per heavy atom. The van der Waals surface area contributed by atoms with E-state index in [1.165, 1.54) is 13.3 Å². The average Bonchev–Trinajstić information content (AvgIpc) is 2.18. The number of aromatic nitrogens is 1. The molecule has 1 aromatic heterocycles. The summed E-state index contributed by atoms with van der Waals surface area (Å²) in [6.45, 7) is 0. The van der Waals surface area contributed by atoms with Crippen molar-refractivity contribution in [3.05, 3.63) is 18.0 Å². The molecule has 1 aromatic rings. The lowest BCUT2D eigenvalue weighted by Crippen LogP contribution is -1.90. The van der Waals surface area contributed by atoms with Crippen LogP contribution in [0.4, 0.5) is 5.69 Å². The summed E-state index contributed by atoms with van der Waals surface area (Å²) in [7, 11) is 1.46. The molecule has 0 aliphatic carbocycles. The van der Waals surface area contributed by atoms with Gasteiger partial charge in [0.1, 0.15) is 6.07 Å². The fourth-order valence-electron chi connectivity index (χ4n) is 0.788. The first kappa shape index (κ1) is 9.33. The molecule has 0 amide bonds. The SMILES string of the molecule is COc1cc(N=C=S)cnc1C#N. The third-order valence-electron chi connectivity index (χ3n) is 1.34. The second kappa shape index (κ2) is 4.31. The van der Waals surface area contributed by atoms with Crippen molar-refractivity contribution in [3.63, 3.8) is 0 Å². The van der Waals surface area contributed by atoms with Crippen LogP contribution in [0.2, 0.25) is 0 Å². The van der Waals surface area contributed by atoms with Gasteiger partial charge in [-0.25, -0.2) is 4.98 Å². The monoisotopic (exact) mass is 191 g/mol. The first-order valence-electron chi connectivity index (χ1n) is 3.34. The molecular weight excluding hydrogens is 186 g/mol. The minimum absolute atomic E-state index is 0.228. The van der Waals surface area contributed by atoms with E-state index in [1.54, 1.807) is 6.07 Å². The molecule has 0 fully saturated rings. The van der Waals surface area contributed by atoms with E-state index in [0.29, 0.717) is 11.4 Å². The summed E-state index contributed by atoms with van der Waals surface area (Å²) in [6, 6.07) is 3.47. The number of hydrogen-bond donors (Lipinski definition) is 0. The Morgan fingerprint density at radius 1 is 1.69 bits per heavy atom. The normalized spacial score (nSPS) is 8.31. The molecule has 0 aliphatic heterocycles. The highest BCUT2D eigenvalue weighted by atomic mass is 32.1. The summed E-state index contributed by atoms with van der Waals surface area (Å²) in [5.74, 6) is 0.383. The maximum absolute atomic E-state index is 8.61. The topological polar surface area (TPSA) is 58.3 Å². The van der Waals surface area contributed by atoms with E-state index < -0.39 is 0 Å². The second-order valence-electron chi connectivity index (χ2n) is 2.06. The highest BCUT2D eigenvalue weighted by molar-refractivity contribution is 7.78. The molecule has 0 aliphatic rings. The predicted molar refractivity (Wildman–Crippen MR) is 50.2 cm³/mol. The van der Waals surface area contributed by atoms with Crippen LogP contribution < -0.4 is 4.74 Å². The summed E-state index contributed by atoms with van der Waals surface area (Å²) in [5, 5.41) is 10.8. The van der Waals surface area contributed by atoms with Crippen LogP contribution >= 0.6 is 12.2 Å². The number of ether oxygens (including phenoxy) is 1. The van der Waals surface area contributed by atoms with Gasteiger partial charge in [-0.3, -0.25) is 0 Å². The van der Waals surface area contributed by atoms with Gasteiger partial charge in [-0.05, 0) is 12.2 Å². The molecule has 0 aromatic carbocycles. The number of pyridine rings is 1. The zero-order valence-corrected chi connectivity index (χ0v) is 7.63. The molecule has 0 N–H and O–H groups in total. The minimum Gasteiger partial charge on any atom is -0.494 e.